The fourth-order valence-electron chi connectivity index (χ4n) is 2.21. The quantitative estimate of drug-likeness (QED) is 0.840. The SMILES string of the molecule is COc1ccc(NC(=O)CNC2CCS(=O)(=O)CC2)cc1. The average molecular weight is 312 g/mol. The molecule has 0 spiro atoms. The molecule has 1 amide bonds. The highest BCUT2D eigenvalue weighted by atomic mass is 32.2. The first-order valence-electron chi connectivity index (χ1n) is 6.86. The van der Waals surface area contributed by atoms with Crippen LogP contribution < -0.4 is 15.4 Å². The molecular weight excluding hydrogens is 292 g/mol. The summed E-state index contributed by atoms with van der Waals surface area (Å²) in [5.74, 6) is 0.985. The summed E-state index contributed by atoms with van der Waals surface area (Å²) in [5.41, 5.74) is 0.703. The van der Waals surface area contributed by atoms with Crippen molar-refractivity contribution < 1.29 is 17.9 Å². The molecule has 2 N–H and O–H groups in total. The number of carbonyl (C=O) groups excluding carboxylic acids is 1. The lowest BCUT2D eigenvalue weighted by atomic mass is 10.1. The van der Waals surface area contributed by atoms with Crippen LogP contribution in [0, 0.1) is 0 Å². The minimum absolute atomic E-state index is 0.0927. The van der Waals surface area contributed by atoms with Gasteiger partial charge in [-0.25, -0.2) is 8.42 Å². The van der Waals surface area contributed by atoms with Crippen LogP contribution in [0.15, 0.2) is 24.3 Å². The lowest BCUT2D eigenvalue weighted by Gasteiger charge is -2.22. The van der Waals surface area contributed by atoms with Crippen molar-refractivity contribution in [2.24, 2.45) is 0 Å². The summed E-state index contributed by atoms with van der Waals surface area (Å²) in [6, 6.07) is 7.17. The Bertz CT molecular complexity index is 569. The summed E-state index contributed by atoms with van der Waals surface area (Å²) in [6.45, 7) is 0.177. The molecule has 1 aromatic rings. The number of carbonyl (C=O) groups is 1. The van der Waals surface area contributed by atoms with Gasteiger partial charge in [-0.05, 0) is 37.1 Å². The fraction of sp³-hybridized carbons (Fsp3) is 0.500. The van der Waals surface area contributed by atoms with Crippen molar-refractivity contribution >= 4 is 21.4 Å². The minimum atomic E-state index is -2.86. The van der Waals surface area contributed by atoms with Crippen LogP contribution in [0.25, 0.3) is 0 Å². The Morgan fingerprint density at radius 3 is 2.43 bits per heavy atom. The van der Waals surface area contributed by atoms with E-state index in [0.717, 1.165) is 5.75 Å². The maximum absolute atomic E-state index is 11.8. The molecular formula is C14H20N2O4S. The number of nitrogens with one attached hydrogen (secondary N) is 2. The second-order valence-corrected chi connectivity index (χ2v) is 7.39. The van der Waals surface area contributed by atoms with E-state index in [-0.39, 0.29) is 30.0 Å². The smallest absolute Gasteiger partial charge is 0.238 e. The molecule has 0 radical (unpaired) electrons. The Kier molecular flexibility index (Phi) is 5.19. The summed E-state index contributed by atoms with van der Waals surface area (Å²) in [6.07, 6.45) is 1.14. The van der Waals surface area contributed by atoms with Crippen molar-refractivity contribution in [1.82, 2.24) is 5.32 Å². The topological polar surface area (TPSA) is 84.5 Å². The summed E-state index contributed by atoms with van der Waals surface area (Å²) < 4.78 is 27.7. The van der Waals surface area contributed by atoms with Crippen LogP contribution in [0.2, 0.25) is 0 Å². The highest BCUT2D eigenvalue weighted by Gasteiger charge is 2.23. The third-order valence-corrected chi connectivity index (χ3v) is 5.20. The van der Waals surface area contributed by atoms with Crippen molar-refractivity contribution in [3.05, 3.63) is 24.3 Å². The van der Waals surface area contributed by atoms with Gasteiger partial charge in [-0.3, -0.25) is 4.79 Å². The first kappa shape index (κ1) is 15.8. The molecule has 1 aliphatic heterocycles. The van der Waals surface area contributed by atoms with E-state index >= 15 is 0 Å². The van der Waals surface area contributed by atoms with Crippen LogP contribution in [0.1, 0.15) is 12.8 Å². The van der Waals surface area contributed by atoms with Gasteiger partial charge < -0.3 is 15.4 Å². The largest absolute Gasteiger partial charge is 0.497 e. The number of rotatable bonds is 5. The molecule has 1 aliphatic rings. The summed E-state index contributed by atoms with van der Waals surface area (Å²) in [7, 11) is -1.28. The average Bonchev–Trinajstić information content (AvgIpc) is 2.47. The molecule has 0 atom stereocenters. The van der Waals surface area contributed by atoms with Crippen LogP contribution in [-0.2, 0) is 14.6 Å². The van der Waals surface area contributed by atoms with Crippen LogP contribution >= 0.6 is 0 Å². The van der Waals surface area contributed by atoms with Crippen LogP contribution in [0.4, 0.5) is 5.69 Å². The molecule has 21 heavy (non-hydrogen) atoms. The number of amides is 1. The molecule has 0 aliphatic carbocycles. The van der Waals surface area contributed by atoms with Crippen molar-refractivity contribution in [3.63, 3.8) is 0 Å². The Morgan fingerprint density at radius 2 is 1.86 bits per heavy atom. The van der Waals surface area contributed by atoms with Gasteiger partial charge >= 0.3 is 0 Å². The van der Waals surface area contributed by atoms with E-state index in [9.17, 15) is 13.2 Å². The van der Waals surface area contributed by atoms with Crippen molar-refractivity contribution in [2.75, 3.05) is 30.5 Å². The molecule has 0 unspecified atom stereocenters. The van der Waals surface area contributed by atoms with Gasteiger partial charge in [0.2, 0.25) is 5.91 Å². The highest BCUT2D eigenvalue weighted by molar-refractivity contribution is 7.91. The zero-order valence-electron chi connectivity index (χ0n) is 12.0. The summed E-state index contributed by atoms with van der Waals surface area (Å²) in [4.78, 5) is 11.8. The van der Waals surface area contributed by atoms with Gasteiger partial charge in [-0.1, -0.05) is 0 Å². The molecule has 116 valence electrons. The molecule has 0 saturated carbocycles. The number of hydrogen-bond donors (Lipinski definition) is 2. The Morgan fingerprint density at radius 1 is 1.24 bits per heavy atom. The fourth-order valence-corrected chi connectivity index (χ4v) is 3.70. The molecule has 0 bridgehead atoms. The molecule has 6 nitrogen and oxygen atoms in total. The highest BCUT2D eigenvalue weighted by Crippen LogP contribution is 2.15. The van der Waals surface area contributed by atoms with E-state index in [1.165, 1.54) is 0 Å². The van der Waals surface area contributed by atoms with E-state index in [1.54, 1.807) is 31.4 Å². The van der Waals surface area contributed by atoms with E-state index in [4.69, 9.17) is 4.74 Å². The molecule has 1 heterocycles. The van der Waals surface area contributed by atoms with Gasteiger partial charge in [0.25, 0.3) is 0 Å². The normalized spacial score (nSPS) is 18.1. The van der Waals surface area contributed by atoms with E-state index in [0.29, 0.717) is 18.5 Å². The number of ether oxygens (including phenoxy) is 1. The molecule has 1 saturated heterocycles. The Labute approximate surface area is 124 Å². The maximum Gasteiger partial charge on any atom is 0.238 e. The van der Waals surface area contributed by atoms with Gasteiger partial charge in [0, 0.05) is 11.7 Å². The van der Waals surface area contributed by atoms with E-state index in [1.807, 2.05) is 0 Å². The molecule has 1 fully saturated rings. The third-order valence-electron chi connectivity index (χ3n) is 3.48. The van der Waals surface area contributed by atoms with Gasteiger partial charge in [0.1, 0.15) is 15.6 Å². The van der Waals surface area contributed by atoms with Crippen molar-refractivity contribution in [3.8, 4) is 5.75 Å². The summed E-state index contributed by atoms with van der Waals surface area (Å²) in [5, 5.41) is 5.87. The van der Waals surface area contributed by atoms with Crippen LogP contribution in [0.3, 0.4) is 0 Å². The van der Waals surface area contributed by atoms with Crippen LogP contribution in [0.5, 0.6) is 5.75 Å². The predicted octanol–water partition coefficient (Wildman–Crippen LogP) is 0.800. The maximum atomic E-state index is 11.8. The molecule has 2 rings (SSSR count). The monoisotopic (exact) mass is 312 g/mol. The van der Waals surface area contributed by atoms with E-state index in [2.05, 4.69) is 10.6 Å². The van der Waals surface area contributed by atoms with Gasteiger partial charge in [-0.2, -0.15) is 0 Å². The number of hydrogen-bond acceptors (Lipinski definition) is 5. The van der Waals surface area contributed by atoms with E-state index < -0.39 is 9.84 Å². The Balaban J connectivity index is 1.74. The van der Waals surface area contributed by atoms with Crippen molar-refractivity contribution in [2.45, 2.75) is 18.9 Å². The number of sulfone groups is 1. The molecule has 7 heteroatoms. The summed E-state index contributed by atoms with van der Waals surface area (Å²) >= 11 is 0. The van der Waals surface area contributed by atoms with Crippen molar-refractivity contribution in [1.29, 1.82) is 0 Å². The number of benzene rings is 1. The molecule has 0 aromatic heterocycles. The standard InChI is InChI=1S/C14H20N2O4S/c1-20-13-4-2-12(3-5-13)16-14(17)10-15-11-6-8-21(18,19)9-7-11/h2-5,11,15H,6-10H2,1H3,(H,16,17). The predicted molar refractivity (Wildman–Crippen MR) is 81.3 cm³/mol. The number of methoxy groups -OCH3 is 1. The zero-order valence-corrected chi connectivity index (χ0v) is 12.8. The molecule has 1 aromatic carbocycles. The van der Waals surface area contributed by atoms with Gasteiger partial charge in [0.15, 0.2) is 0 Å². The lowest BCUT2D eigenvalue weighted by Crippen LogP contribution is -2.41. The zero-order chi connectivity index (χ0) is 15.3. The van der Waals surface area contributed by atoms with Gasteiger partial charge in [-0.15, -0.1) is 0 Å². The Hall–Kier alpha value is -1.60. The second kappa shape index (κ2) is 6.91. The first-order chi connectivity index (χ1) is 9.98. The lowest BCUT2D eigenvalue weighted by molar-refractivity contribution is -0.115. The minimum Gasteiger partial charge on any atom is -0.497 e. The van der Waals surface area contributed by atoms with Crippen LogP contribution in [-0.4, -0.2) is 45.5 Å². The number of anilines is 1. The third kappa shape index (κ3) is 5.02. The second-order valence-electron chi connectivity index (χ2n) is 5.08. The first-order valence-corrected chi connectivity index (χ1v) is 8.68. The van der Waals surface area contributed by atoms with Gasteiger partial charge in [0.05, 0.1) is 25.2 Å².